The van der Waals surface area contributed by atoms with Crippen molar-refractivity contribution in [2.24, 2.45) is 0 Å². The van der Waals surface area contributed by atoms with E-state index in [1.165, 1.54) is 0 Å². The molecule has 2 rings (SSSR count). The maximum atomic E-state index is 5.63. The van der Waals surface area contributed by atoms with Gasteiger partial charge in [-0.25, -0.2) is 4.98 Å². The summed E-state index contributed by atoms with van der Waals surface area (Å²) in [7, 11) is 0. The predicted octanol–water partition coefficient (Wildman–Crippen LogP) is 3.40. The zero-order valence-electron chi connectivity index (χ0n) is 8.20. The topological polar surface area (TPSA) is 24.9 Å². The molecule has 3 heteroatoms. The summed E-state index contributed by atoms with van der Waals surface area (Å²) in [6, 6.07) is 10.1. The maximum Gasteiger partial charge on any atom is 0.130 e. The SMILES string of the molecule is C=C(CCl)Nc1cc2ccccc2cn1. The number of rotatable bonds is 3. The molecule has 0 atom stereocenters. The van der Waals surface area contributed by atoms with E-state index >= 15 is 0 Å². The lowest BCUT2D eigenvalue weighted by atomic mass is 10.2. The lowest BCUT2D eigenvalue weighted by molar-refractivity contribution is 1.28. The third-order valence-electron chi connectivity index (χ3n) is 2.10. The monoisotopic (exact) mass is 218 g/mol. The molecule has 0 saturated heterocycles. The lowest BCUT2D eigenvalue weighted by Gasteiger charge is -2.06. The van der Waals surface area contributed by atoms with Crippen LogP contribution in [0, 0.1) is 0 Å². The number of pyridine rings is 1. The highest BCUT2D eigenvalue weighted by molar-refractivity contribution is 6.19. The number of aromatic nitrogens is 1. The molecular weight excluding hydrogens is 208 g/mol. The second kappa shape index (κ2) is 4.32. The molecule has 76 valence electrons. The second-order valence-electron chi connectivity index (χ2n) is 3.28. The summed E-state index contributed by atoms with van der Waals surface area (Å²) < 4.78 is 0. The molecular formula is C12H11ClN2. The molecule has 1 aromatic carbocycles. The molecule has 1 N–H and O–H groups in total. The number of anilines is 1. The predicted molar refractivity (Wildman–Crippen MR) is 65.2 cm³/mol. The van der Waals surface area contributed by atoms with E-state index in [4.69, 9.17) is 11.6 Å². The molecule has 0 unspecified atom stereocenters. The summed E-state index contributed by atoms with van der Waals surface area (Å²) in [6.07, 6.45) is 1.83. The van der Waals surface area contributed by atoms with Crippen molar-refractivity contribution in [1.82, 2.24) is 4.98 Å². The molecule has 0 aliphatic carbocycles. The quantitative estimate of drug-likeness (QED) is 0.799. The molecule has 1 aromatic heterocycles. The van der Waals surface area contributed by atoms with Crippen LogP contribution < -0.4 is 5.32 Å². The first kappa shape index (κ1) is 9.99. The van der Waals surface area contributed by atoms with Gasteiger partial charge in [0.2, 0.25) is 0 Å². The summed E-state index contributed by atoms with van der Waals surface area (Å²) in [4.78, 5) is 4.26. The molecule has 0 amide bonds. The van der Waals surface area contributed by atoms with E-state index < -0.39 is 0 Å². The van der Waals surface area contributed by atoms with Crippen molar-refractivity contribution in [3.05, 3.63) is 48.8 Å². The van der Waals surface area contributed by atoms with Crippen LogP contribution in [0.3, 0.4) is 0 Å². The van der Waals surface area contributed by atoms with Crippen molar-refractivity contribution >= 4 is 28.2 Å². The number of alkyl halides is 1. The number of nitrogens with one attached hydrogen (secondary N) is 1. The Morgan fingerprint density at radius 2 is 2.07 bits per heavy atom. The molecule has 0 aliphatic heterocycles. The van der Waals surface area contributed by atoms with Crippen LogP contribution in [0.25, 0.3) is 10.8 Å². The Balaban J connectivity index is 2.34. The van der Waals surface area contributed by atoms with Crippen molar-refractivity contribution in [2.75, 3.05) is 11.2 Å². The van der Waals surface area contributed by atoms with E-state index in [9.17, 15) is 0 Å². The number of hydrogen-bond donors (Lipinski definition) is 1. The number of halogens is 1. The molecule has 0 saturated carbocycles. The van der Waals surface area contributed by atoms with Crippen LogP contribution in [-0.2, 0) is 0 Å². The van der Waals surface area contributed by atoms with Crippen LogP contribution >= 0.6 is 11.6 Å². The van der Waals surface area contributed by atoms with E-state index in [0.717, 1.165) is 22.3 Å². The lowest BCUT2D eigenvalue weighted by Crippen LogP contribution is -2.00. The molecule has 2 aromatic rings. The van der Waals surface area contributed by atoms with Crippen LogP contribution in [0.15, 0.2) is 48.8 Å². The van der Waals surface area contributed by atoms with E-state index in [1.807, 2.05) is 36.5 Å². The second-order valence-corrected chi connectivity index (χ2v) is 3.55. The minimum atomic E-state index is 0.383. The Labute approximate surface area is 93.6 Å². The third-order valence-corrected chi connectivity index (χ3v) is 2.42. The van der Waals surface area contributed by atoms with Crippen molar-refractivity contribution in [3.63, 3.8) is 0 Å². The van der Waals surface area contributed by atoms with E-state index in [-0.39, 0.29) is 0 Å². The summed E-state index contributed by atoms with van der Waals surface area (Å²) in [5, 5.41) is 5.32. The largest absolute Gasteiger partial charge is 0.343 e. The smallest absolute Gasteiger partial charge is 0.130 e. The zero-order valence-corrected chi connectivity index (χ0v) is 8.96. The number of allylic oxidation sites excluding steroid dienone is 1. The van der Waals surface area contributed by atoms with Gasteiger partial charge in [0, 0.05) is 17.3 Å². The van der Waals surface area contributed by atoms with Crippen LogP contribution in [0.2, 0.25) is 0 Å². The van der Waals surface area contributed by atoms with Gasteiger partial charge in [0.15, 0.2) is 0 Å². The molecule has 2 nitrogen and oxygen atoms in total. The average Bonchev–Trinajstić information content (AvgIpc) is 2.29. The molecule has 0 bridgehead atoms. The fourth-order valence-corrected chi connectivity index (χ4v) is 1.43. The Kier molecular flexibility index (Phi) is 2.88. The minimum absolute atomic E-state index is 0.383. The van der Waals surface area contributed by atoms with Gasteiger partial charge in [0.25, 0.3) is 0 Å². The van der Waals surface area contributed by atoms with Crippen molar-refractivity contribution in [2.45, 2.75) is 0 Å². The molecule has 0 spiro atoms. The van der Waals surface area contributed by atoms with Crippen LogP contribution in [0.5, 0.6) is 0 Å². The average molecular weight is 219 g/mol. The number of benzene rings is 1. The summed E-state index contributed by atoms with van der Waals surface area (Å²) in [5.41, 5.74) is 0.749. The summed E-state index contributed by atoms with van der Waals surface area (Å²) in [6.45, 7) is 3.77. The van der Waals surface area contributed by atoms with Crippen LogP contribution in [0.4, 0.5) is 5.82 Å². The first-order valence-electron chi connectivity index (χ1n) is 4.65. The Hall–Kier alpha value is -1.54. The van der Waals surface area contributed by atoms with Crippen LogP contribution in [-0.4, -0.2) is 10.9 Å². The Morgan fingerprint density at radius 1 is 1.33 bits per heavy atom. The van der Waals surface area contributed by atoms with Gasteiger partial charge in [0.05, 0.1) is 5.88 Å². The van der Waals surface area contributed by atoms with Gasteiger partial charge in [-0.1, -0.05) is 30.8 Å². The molecule has 0 fully saturated rings. The third kappa shape index (κ3) is 2.28. The minimum Gasteiger partial charge on any atom is -0.343 e. The first-order valence-corrected chi connectivity index (χ1v) is 5.18. The van der Waals surface area contributed by atoms with E-state index in [0.29, 0.717) is 5.88 Å². The number of hydrogen-bond acceptors (Lipinski definition) is 2. The maximum absolute atomic E-state index is 5.63. The highest BCUT2D eigenvalue weighted by Gasteiger charge is 1.97. The van der Waals surface area contributed by atoms with Gasteiger partial charge in [0.1, 0.15) is 5.82 Å². The van der Waals surface area contributed by atoms with E-state index in [2.05, 4.69) is 16.9 Å². The Morgan fingerprint density at radius 3 is 2.80 bits per heavy atom. The van der Waals surface area contributed by atoms with Gasteiger partial charge >= 0.3 is 0 Å². The van der Waals surface area contributed by atoms with Crippen molar-refractivity contribution < 1.29 is 0 Å². The van der Waals surface area contributed by atoms with Crippen LogP contribution in [0.1, 0.15) is 0 Å². The highest BCUT2D eigenvalue weighted by atomic mass is 35.5. The molecule has 0 radical (unpaired) electrons. The van der Waals surface area contributed by atoms with Gasteiger partial charge < -0.3 is 5.32 Å². The molecule has 0 aliphatic rings. The molecule has 15 heavy (non-hydrogen) atoms. The van der Waals surface area contributed by atoms with Gasteiger partial charge in [-0.2, -0.15) is 0 Å². The normalized spacial score (nSPS) is 10.2. The fraction of sp³-hybridized carbons (Fsp3) is 0.0833. The number of nitrogens with zero attached hydrogens (tertiary/aromatic N) is 1. The van der Waals surface area contributed by atoms with Gasteiger partial charge in [-0.05, 0) is 11.5 Å². The summed E-state index contributed by atoms with van der Waals surface area (Å²) >= 11 is 5.63. The standard InChI is InChI=1S/C12H11ClN2/c1-9(7-13)15-12-6-10-4-2-3-5-11(10)8-14-12/h2-6,8H,1,7H2,(H,14,15). The fourth-order valence-electron chi connectivity index (χ4n) is 1.37. The molecule has 1 heterocycles. The summed E-state index contributed by atoms with van der Waals surface area (Å²) in [5.74, 6) is 1.16. The van der Waals surface area contributed by atoms with Crippen molar-refractivity contribution in [3.8, 4) is 0 Å². The van der Waals surface area contributed by atoms with Crippen molar-refractivity contribution in [1.29, 1.82) is 0 Å². The first-order chi connectivity index (χ1) is 7.29. The van der Waals surface area contributed by atoms with E-state index in [1.54, 1.807) is 0 Å². The van der Waals surface area contributed by atoms with Gasteiger partial charge in [-0.15, -0.1) is 11.6 Å². The zero-order chi connectivity index (χ0) is 10.7. The Bertz CT molecular complexity index is 494. The highest BCUT2D eigenvalue weighted by Crippen LogP contribution is 2.16. The van der Waals surface area contributed by atoms with Gasteiger partial charge in [-0.3, -0.25) is 0 Å². The number of fused-ring (bicyclic) bond motifs is 1.